The van der Waals surface area contributed by atoms with Crippen LogP contribution in [0.2, 0.25) is 0 Å². The molecule has 1 aliphatic carbocycles. The van der Waals surface area contributed by atoms with Gasteiger partial charge in [-0.25, -0.2) is 0 Å². The smallest absolute Gasteiger partial charge is 0.221 e. The number of hydrogen-bond donors (Lipinski definition) is 2. The lowest BCUT2D eigenvalue weighted by Gasteiger charge is -2.22. The van der Waals surface area contributed by atoms with E-state index in [2.05, 4.69) is 10.6 Å². The summed E-state index contributed by atoms with van der Waals surface area (Å²) in [6.07, 6.45) is 5.48. The molecule has 146 valence electrons. The lowest BCUT2D eigenvalue weighted by Crippen LogP contribution is -2.41. The SMILES string of the molecule is COc1ccc(CNC(=O)CC2CSCCN2)c(OC2CCCC2)c1.Cl. The highest BCUT2D eigenvalue weighted by molar-refractivity contribution is 7.99. The molecule has 2 N–H and O–H groups in total. The number of amides is 1. The van der Waals surface area contributed by atoms with Crippen LogP contribution in [0, 0.1) is 0 Å². The summed E-state index contributed by atoms with van der Waals surface area (Å²) in [5.74, 6) is 3.84. The van der Waals surface area contributed by atoms with Crippen LogP contribution in [0.4, 0.5) is 0 Å². The molecule has 5 nitrogen and oxygen atoms in total. The Morgan fingerprint density at radius 3 is 2.85 bits per heavy atom. The summed E-state index contributed by atoms with van der Waals surface area (Å²) in [7, 11) is 1.66. The Morgan fingerprint density at radius 2 is 2.15 bits per heavy atom. The number of nitrogens with one attached hydrogen (secondary N) is 2. The zero-order chi connectivity index (χ0) is 17.5. The third kappa shape index (κ3) is 6.25. The summed E-state index contributed by atoms with van der Waals surface area (Å²) < 4.78 is 11.5. The second-order valence-corrected chi connectivity index (χ2v) is 7.85. The van der Waals surface area contributed by atoms with Gasteiger partial charge in [0, 0.05) is 48.7 Å². The van der Waals surface area contributed by atoms with Crippen LogP contribution in [-0.4, -0.2) is 43.2 Å². The number of hydrogen-bond acceptors (Lipinski definition) is 5. The predicted octanol–water partition coefficient (Wildman–Crippen LogP) is 3.15. The maximum absolute atomic E-state index is 12.2. The van der Waals surface area contributed by atoms with Crippen molar-refractivity contribution in [1.29, 1.82) is 0 Å². The van der Waals surface area contributed by atoms with Crippen LogP contribution >= 0.6 is 24.2 Å². The fourth-order valence-electron chi connectivity index (χ4n) is 3.34. The molecule has 0 spiro atoms. The number of benzene rings is 1. The second-order valence-electron chi connectivity index (χ2n) is 6.70. The van der Waals surface area contributed by atoms with Gasteiger partial charge in [-0.05, 0) is 37.8 Å². The molecule has 1 saturated carbocycles. The maximum atomic E-state index is 12.2. The van der Waals surface area contributed by atoms with Crippen molar-refractivity contribution >= 4 is 30.1 Å². The molecule has 1 amide bonds. The quantitative estimate of drug-likeness (QED) is 0.736. The second kappa shape index (κ2) is 10.9. The Morgan fingerprint density at radius 1 is 1.35 bits per heavy atom. The average molecular weight is 401 g/mol. The van der Waals surface area contributed by atoms with Crippen LogP contribution in [0.15, 0.2) is 18.2 Å². The van der Waals surface area contributed by atoms with Gasteiger partial charge in [-0.1, -0.05) is 0 Å². The van der Waals surface area contributed by atoms with Gasteiger partial charge in [0.15, 0.2) is 0 Å². The lowest BCUT2D eigenvalue weighted by molar-refractivity contribution is -0.121. The number of ether oxygens (including phenoxy) is 2. The topological polar surface area (TPSA) is 59.6 Å². The summed E-state index contributed by atoms with van der Waals surface area (Å²) in [4.78, 5) is 12.2. The van der Waals surface area contributed by atoms with E-state index < -0.39 is 0 Å². The Hall–Kier alpha value is -1.11. The number of carbonyl (C=O) groups excluding carboxylic acids is 1. The number of carbonyl (C=O) groups is 1. The minimum Gasteiger partial charge on any atom is -0.497 e. The molecule has 1 unspecified atom stereocenters. The molecular weight excluding hydrogens is 372 g/mol. The fourth-order valence-corrected chi connectivity index (χ4v) is 4.29. The van der Waals surface area contributed by atoms with Crippen LogP contribution in [0.5, 0.6) is 11.5 Å². The first-order valence-electron chi connectivity index (χ1n) is 9.16. The molecule has 2 fully saturated rings. The van der Waals surface area contributed by atoms with Crippen molar-refractivity contribution in [3.8, 4) is 11.5 Å². The van der Waals surface area contributed by atoms with E-state index in [0.29, 0.717) is 13.0 Å². The molecule has 1 heterocycles. The van der Waals surface area contributed by atoms with Crippen molar-refractivity contribution in [2.45, 2.75) is 50.8 Å². The van der Waals surface area contributed by atoms with Gasteiger partial charge in [0.1, 0.15) is 11.5 Å². The van der Waals surface area contributed by atoms with Crippen LogP contribution < -0.4 is 20.1 Å². The van der Waals surface area contributed by atoms with Gasteiger partial charge in [0.05, 0.1) is 13.2 Å². The molecule has 1 aliphatic heterocycles. The first kappa shape index (κ1) is 21.2. The molecule has 3 rings (SSSR count). The maximum Gasteiger partial charge on any atom is 0.221 e. The van der Waals surface area contributed by atoms with Crippen molar-refractivity contribution in [3.63, 3.8) is 0 Å². The highest BCUT2D eigenvalue weighted by Gasteiger charge is 2.20. The first-order chi connectivity index (χ1) is 12.2. The van der Waals surface area contributed by atoms with Gasteiger partial charge in [-0.15, -0.1) is 12.4 Å². The zero-order valence-electron chi connectivity index (χ0n) is 15.3. The first-order valence-corrected chi connectivity index (χ1v) is 10.3. The standard InChI is InChI=1S/C19H28N2O3S.ClH/c1-23-17-7-6-14(18(11-17)24-16-4-2-3-5-16)12-21-19(22)10-15-13-25-9-8-20-15;/h6-7,11,15-16,20H,2-5,8-10,12-13H2,1H3,(H,21,22);1H. The number of thioether (sulfide) groups is 1. The highest BCUT2D eigenvalue weighted by Crippen LogP contribution is 2.30. The van der Waals surface area contributed by atoms with E-state index in [1.54, 1.807) is 7.11 Å². The molecule has 0 aromatic heterocycles. The molecule has 2 aliphatic rings. The Labute approximate surface area is 166 Å². The predicted molar refractivity (Wildman–Crippen MR) is 109 cm³/mol. The molecule has 1 saturated heterocycles. The minimum absolute atomic E-state index is 0. The molecule has 0 radical (unpaired) electrons. The largest absolute Gasteiger partial charge is 0.497 e. The molecule has 0 bridgehead atoms. The number of rotatable bonds is 7. The highest BCUT2D eigenvalue weighted by atomic mass is 35.5. The van der Waals surface area contributed by atoms with Gasteiger partial charge >= 0.3 is 0 Å². The van der Waals surface area contributed by atoms with Crippen molar-refractivity contribution in [1.82, 2.24) is 10.6 Å². The number of halogens is 1. The van der Waals surface area contributed by atoms with Gasteiger partial charge in [0.2, 0.25) is 5.91 Å². The summed E-state index contributed by atoms with van der Waals surface area (Å²) >= 11 is 1.91. The molecule has 1 aromatic rings. The van der Waals surface area contributed by atoms with E-state index >= 15 is 0 Å². The summed E-state index contributed by atoms with van der Waals surface area (Å²) in [6.45, 7) is 1.48. The molecular formula is C19H29ClN2O3S. The van der Waals surface area contributed by atoms with E-state index in [4.69, 9.17) is 9.47 Å². The monoisotopic (exact) mass is 400 g/mol. The van der Waals surface area contributed by atoms with Gasteiger partial charge in [-0.3, -0.25) is 4.79 Å². The van der Waals surface area contributed by atoms with Gasteiger partial charge < -0.3 is 20.1 Å². The average Bonchev–Trinajstić information content (AvgIpc) is 3.14. The van der Waals surface area contributed by atoms with E-state index in [-0.39, 0.29) is 30.5 Å². The Kier molecular flexibility index (Phi) is 8.88. The van der Waals surface area contributed by atoms with Crippen molar-refractivity contribution in [3.05, 3.63) is 23.8 Å². The van der Waals surface area contributed by atoms with Crippen molar-refractivity contribution < 1.29 is 14.3 Å². The number of methoxy groups -OCH3 is 1. The third-order valence-electron chi connectivity index (χ3n) is 4.78. The van der Waals surface area contributed by atoms with Crippen LogP contribution in [0.1, 0.15) is 37.7 Å². The Bertz CT molecular complexity index is 576. The minimum atomic E-state index is 0. The van der Waals surface area contributed by atoms with E-state index in [1.165, 1.54) is 12.8 Å². The summed E-state index contributed by atoms with van der Waals surface area (Å²) in [5.41, 5.74) is 1.01. The normalized spacial score (nSPS) is 20.3. The van der Waals surface area contributed by atoms with Gasteiger partial charge in [-0.2, -0.15) is 11.8 Å². The molecule has 1 atom stereocenters. The van der Waals surface area contributed by atoms with Gasteiger partial charge in [0.25, 0.3) is 0 Å². The molecule has 26 heavy (non-hydrogen) atoms. The van der Waals surface area contributed by atoms with Crippen LogP contribution in [0.3, 0.4) is 0 Å². The summed E-state index contributed by atoms with van der Waals surface area (Å²) in [6, 6.07) is 6.11. The van der Waals surface area contributed by atoms with E-state index in [9.17, 15) is 4.79 Å². The van der Waals surface area contributed by atoms with Crippen LogP contribution in [0.25, 0.3) is 0 Å². The van der Waals surface area contributed by atoms with Crippen molar-refractivity contribution in [2.24, 2.45) is 0 Å². The fraction of sp³-hybridized carbons (Fsp3) is 0.632. The lowest BCUT2D eigenvalue weighted by atomic mass is 10.1. The molecule has 1 aromatic carbocycles. The third-order valence-corrected chi connectivity index (χ3v) is 5.91. The van der Waals surface area contributed by atoms with Crippen LogP contribution in [-0.2, 0) is 11.3 Å². The zero-order valence-corrected chi connectivity index (χ0v) is 16.9. The molecule has 7 heteroatoms. The van der Waals surface area contributed by atoms with Crippen molar-refractivity contribution in [2.75, 3.05) is 25.2 Å². The Balaban J connectivity index is 0.00000243. The van der Waals surface area contributed by atoms with E-state index in [1.807, 2.05) is 30.0 Å². The van der Waals surface area contributed by atoms with E-state index in [0.717, 1.165) is 48.0 Å². The summed E-state index contributed by atoms with van der Waals surface area (Å²) in [5, 5.41) is 6.44.